The number of hydrogen-bond donors (Lipinski definition) is 2. The average Bonchev–Trinajstić information content (AvgIpc) is 2.88. The monoisotopic (exact) mass is 536 g/mol. The number of rotatable bonds is 16. The minimum atomic E-state index is -4.25. The quantitative estimate of drug-likeness (QED) is 0.239. The number of likely N-dealkylation sites (N-methyl/N-ethyl adjacent to an activating group) is 2. The van der Waals surface area contributed by atoms with Crippen molar-refractivity contribution in [1.29, 1.82) is 0 Å². The Hall–Kier alpha value is -3.29. The third kappa shape index (κ3) is 7.84. The molecule has 0 atom stereocenters. The van der Waals surface area contributed by atoms with Crippen LogP contribution in [0.4, 0.5) is 22.7 Å². The summed E-state index contributed by atoms with van der Waals surface area (Å²) in [7, 11) is -4.25. The van der Waals surface area contributed by atoms with Crippen LogP contribution in [-0.4, -0.2) is 80.4 Å². The highest BCUT2D eigenvalue weighted by atomic mass is 32.2. The van der Waals surface area contributed by atoms with Gasteiger partial charge >= 0.3 is 0 Å². The Morgan fingerprint density at radius 3 is 1.35 bits per heavy atom. The predicted molar refractivity (Wildman–Crippen MR) is 144 cm³/mol. The van der Waals surface area contributed by atoms with Gasteiger partial charge in [0.25, 0.3) is 11.4 Å². The van der Waals surface area contributed by atoms with Crippen molar-refractivity contribution in [2.24, 2.45) is 0 Å². The normalized spacial score (nSPS) is 11.6. The predicted octanol–water partition coefficient (Wildman–Crippen LogP) is 3.84. The first-order chi connectivity index (χ1) is 17.6. The number of hydrogen-bond acceptors (Lipinski definition) is 10. The van der Waals surface area contributed by atoms with E-state index in [1.165, 1.54) is 24.3 Å². The van der Waals surface area contributed by atoms with E-state index in [4.69, 9.17) is 0 Å². The van der Waals surface area contributed by atoms with Gasteiger partial charge in [-0.3, -0.25) is 20.2 Å². The van der Waals surface area contributed by atoms with E-state index in [0.717, 1.165) is 38.3 Å². The molecule has 12 nitrogen and oxygen atoms in total. The maximum Gasteiger partial charge on any atom is 0.293 e. The Morgan fingerprint density at radius 1 is 0.703 bits per heavy atom. The number of anilines is 2. The number of nitro benzene ring substituents is 2. The van der Waals surface area contributed by atoms with E-state index in [1.54, 1.807) is 0 Å². The van der Waals surface area contributed by atoms with Gasteiger partial charge in [0.1, 0.15) is 11.4 Å². The van der Waals surface area contributed by atoms with Crippen molar-refractivity contribution in [3.05, 3.63) is 56.6 Å². The molecule has 0 aliphatic heterocycles. The average molecular weight is 537 g/mol. The molecule has 0 heterocycles. The molecule has 2 aromatic rings. The van der Waals surface area contributed by atoms with Crippen molar-refractivity contribution in [2.45, 2.75) is 37.5 Å². The Labute approximate surface area is 217 Å². The minimum absolute atomic E-state index is 0.204. The topological polar surface area (TPSA) is 151 Å². The summed E-state index contributed by atoms with van der Waals surface area (Å²) in [6.45, 7) is 13.7. The fourth-order valence-electron chi connectivity index (χ4n) is 3.87. The zero-order chi connectivity index (χ0) is 27.6. The van der Waals surface area contributed by atoms with Crippen molar-refractivity contribution in [2.75, 3.05) is 63.0 Å². The van der Waals surface area contributed by atoms with Crippen molar-refractivity contribution in [1.82, 2.24) is 9.80 Å². The lowest BCUT2D eigenvalue weighted by atomic mass is 10.2. The Kier molecular flexibility index (Phi) is 11.2. The molecule has 0 saturated heterocycles. The maximum absolute atomic E-state index is 13.3. The van der Waals surface area contributed by atoms with Gasteiger partial charge in [0.2, 0.25) is 9.84 Å². The summed E-state index contributed by atoms with van der Waals surface area (Å²) in [5, 5.41) is 29.4. The third-order valence-electron chi connectivity index (χ3n) is 6.23. The SMILES string of the molecule is CCN(CC)CCNc1ccc(S(=O)(=O)c2ccc(NCCN(CC)CC)c([N+](=O)[O-])c2)cc1[N+](=O)[O-]. The van der Waals surface area contributed by atoms with Crippen molar-refractivity contribution in [3.8, 4) is 0 Å². The molecule has 2 N–H and O–H groups in total. The molecule has 2 aromatic carbocycles. The van der Waals surface area contributed by atoms with Crippen molar-refractivity contribution in [3.63, 3.8) is 0 Å². The van der Waals surface area contributed by atoms with Gasteiger partial charge in [-0.1, -0.05) is 27.7 Å². The molecule has 0 amide bonds. The van der Waals surface area contributed by atoms with Crippen LogP contribution in [0.15, 0.2) is 46.2 Å². The third-order valence-corrected chi connectivity index (χ3v) is 7.98. The summed E-state index contributed by atoms with van der Waals surface area (Å²) in [6, 6.07) is 7.21. The smallest absolute Gasteiger partial charge is 0.293 e. The molecule has 204 valence electrons. The fourth-order valence-corrected chi connectivity index (χ4v) is 5.17. The molecule has 0 fully saturated rings. The summed E-state index contributed by atoms with van der Waals surface area (Å²) in [5.41, 5.74) is -0.362. The van der Waals surface area contributed by atoms with Crippen LogP contribution in [0.2, 0.25) is 0 Å². The number of nitro groups is 2. The van der Waals surface area contributed by atoms with E-state index in [2.05, 4.69) is 20.4 Å². The van der Waals surface area contributed by atoms with Crippen LogP contribution < -0.4 is 10.6 Å². The molecule has 0 aliphatic rings. The number of nitrogens with one attached hydrogen (secondary N) is 2. The van der Waals surface area contributed by atoms with Gasteiger partial charge in [-0.05, 0) is 50.4 Å². The zero-order valence-electron chi connectivity index (χ0n) is 21.8. The molecule has 0 spiro atoms. The minimum Gasteiger partial charge on any atom is -0.378 e. The number of nitrogens with zero attached hydrogens (tertiary/aromatic N) is 4. The lowest BCUT2D eigenvalue weighted by molar-refractivity contribution is -0.384. The molecule has 37 heavy (non-hydrogen) atoms. The highest BCUT2D eigenvalue weighted by Crippen LogP contribution is 2.33. The highest BCUT2D eigenvalue weighted by molar-refractivity contribution is 7.91. The molecule has 0 radical (unpaired) electrons. The summed E-state index contributed by atoms with van der Waals surface area (Å²) in [6.07, 6.45) is 0. The Bertz CT molecular complexity index is 1100. The second kappa shape index (κ2) is 13.9. The van der Waals surface area contributed by atoms with Crippen LogP contribution in [0.3, 0.4) is 0 Å². The van der Waals surface area contributed by atoms with E-state index in [-0.39, 0.29) is 32.5 Å². The maximum atomic E-state index is 13.3. The highest BCUT2D eigenvalue weighted by Gasteiger charge is 2.26. The molecule has 0 aromatic heterocycles. The molecule has 0 unspecified atom stereocenters. The molecule has 0 aliphatic carbocycles. The van der Waals surface area contributed by atoms with Crippen LogP contribution in [0.1, 0.15) is 27.7 Å². The van der Waals surface area contributed by atoms with Crippen LogP contribution in [-0.2, 0) is 9.84 Å². The van der Waals surface area contributed by atoms with Crippen LogP contribution in [0.25, 0.3) is 0 Å². The second-order valence-electron chi connectivity index (χ2n) is 8.28. The van der Waals surface area contributed by atoms with E-state index in [1.807, 2.05) is 27.7 Å². The molecule has 2 rings (SSSR count). The van der Waals surface area contributed by atoms with Crippen LogP contribution in [0, 0.1) is 20.2 Å². The number of sulfone groups is 1. The van der Waals surface area contributed by atoms with Crippen molar-refractivity contribution >= 4 is 32.6 Å². The Balaban J connectivity index is 2.32. The van der Waals surface area contributed by atoms with E-state index in [0.29, 0.717) is 26.2 Å². The van der Waals surface area contributed by atoms with E-state index in [9.17, 15) is 28.6 Å². The van der Waals surface area contributed by atoms with E-state index < -0.39 is 19.7 Å². The first-order valence-corrected chi connectivity index (χ1v) is 13.8. The largest absolute Gasteiger partial charge is 0.378 e. The van der Waals surface area contributed by atoms with Crippen molar-refractivity contribution < 1.29 is 18.3 Å². The standard InChI is InChI=1S/C24H36N6O6S/c1-5-27(6-2)15-13-25-21-11-9-19(17-23(21)29(31)32)37(35,36)20-10-12-22(24(18-20)30(33)34)26-14-16-28(7-3)8-4/h9-12,17-18,25-26H,5-8,13-16H2,1-4H3. The van der Waals surface area contributed by atoms with Gasteiger partial charge in [-0.25, -0.2) is 8.42 Å². The van der Waals surface area contributed by atoms with Gasteiger partial charge in [0.05, 0.1) is 19.6 Å². The zero-order valence-corrected chi connectivity index (χ0v) is 22.6. The summed E-state index contributed by atoms with van der Waals surface area (Å²) in [5.74, 6) is 0. The van der Waals surface area contributed by atoms with Gasteiger partial charge in [-0.15, -0.1) is 0 Å². The molecular weight excluding hydrogens is 500 g/mol. The van der Waals surface area contributed by atoms with Gasteiger partial charge < -0.3 is 20.4 Å². The second-order valence-corrected chi connectivity index (χ2v) is 10.2. The lowest BCUT2D eigenvalue weighted by Crippen LogP contribution is -2.28. The summed E-state index contributed by atoms with van der Waals surface area (Å²) < 4.78 is 26.5. The lowest BCUT2D eigenvalue weighted by Gasteiger charge is -2.18. The summed E-state index contributed by atoms with van der Waals surface area (Å²) in [4.78, 5) is 25.7. The molecule has 0 bridgehead atoms. The first kappa shape index (κ1) is 29.9. The fraction of sp³-hybridized carbons (Fsp3) is 0.500. The Morgan fingerprint density at radius 2 is 1.05 bits per heavy atom. The van der Waals surface area contributed by atoms with Gasteiger partial charge in [0.15, 0.2) is 0 Å². The van der Waals surface area contributed by atoms with Crippen LogP contribution >= 0.6 is 0 Å². The van der Waals surface area contributed by atoms with Crippen LogP contribution in [0.5, 0.6) is 0 Å². The molecule has 0 saturated carbocycles. The van der Waals surface area contributed by atoms with Gasteiger partial charge in [-0.2, -0.15) is 0 Å². The molecule has 13 heteroatoms. The van der Waals surface area contributed by atoms with Gasteiger partial charge in [0, 0.05) is 38.3 Å². The first-order valence-electron chi connectivity index (χ1n) is 12.3. The summed E-state index contributed by atoms with van der Waals surface area (Å²) >= 11 is 0. The molecular formula is C24H36N6O6S. The van der Waals surface area contributed by atoms with E-state index >= 15 is 0 Å². The number of benzene rings is 2.